The molecule has 0 atom stereocenters. The Morgan fingerprint density at radius 1 is 1.33 bits per heavy atom. The van der Waals surface area contributed by atoms with Crippen LogP contribution in [0.15, 0.2) is 35.4 Å². The summed E-state index contributed by atoms with van der Waals surface area (Å²) < 4.78 is 0. The van der Waals surface area contributed by atoms with Crippen molar-refractivity contribution < 1.29 is 14.8 Å². The second-order valence-electron chi connectivity index (χ2n) is 4.80. The molecule has 0 unspecified atom stereocenters. The lowest BCUT2D eigenvalue weighted by atomic mass is 10.1. The summed E-state index contributed by atoms with van der Waals surface area (Å²) in [6.45, 7) is 1.70. The van der Waals surface area contributed by atoms with E-state index in [1.807, 2.05) is 0 Å². The standard InChI is InChI=1S/C15H11Cl2N3O4/c1-8-2-3-13(20(23)24)11(4-8)15(22)19-18-7-9-5-10(16)6-12(17)14(9)21/h2-7,21H,1H3,(H,19,22)/b18-7+. The average Bonchev–Trinajstić information content (AvgIpc) is 2.51. The molecule has 0 aliphatic carbocycles. The summed E-state index contributed by atoms with van der Waals surface area (Å²) in [5.41, 5.74) is 2.59. The van der Waals surface area contributed by atoms with Crippen molar-refractivity contribution in [2.45, 2.75) is 6.92 Å². The number of carbonyl (C=O) groups is 1. The largest absolute Gasteiger partial charge is 0.506 e. The van der Waals surface area contributed by atoms with Gasteiger partial charge in [0.25, 0.3) is 11.6 Å². The number of rotatable bonds is 4. The molecule has 0 bridgehead atoms. The van der Waals surface area contributed by atoms with Gasteiger partial charge in [-0.1, -0.05) is 29.3 Å². The molecule has 2 aromatic carbocycles. The first-order valence-corrected chi connectivity index (χ1v) is 7.31. The van der Waals surface area contributed by atoms with Crippen molar-refractivity contribution in [3.63, 3.8) is 0 Å². The maximum Gasteiger partial charge on any atom is 0.282 e. The van der Waals surface area contributed by atoms with E-state index in [4.69, 9.17) is 23.2 Å². The molecule has 7 nitrogen and oxygen atoms in total. The Morgan fingerprint density at radius 3 is 2.71 bits per heavy atom. The maximum absolute atomic E-state index is 12.1. The van der Waals surface area contributed by atoms with Crippen molar-refractivity contribution in [1.29, 1.82) is 0 Å². The van der Waals surface area contributed by atoms with E-state index in [-0.39, 0.29) is 32.6 Å². The maximum atomic E-state index is 12.1. The predicted octanol–water partition coefficient (Wildman–Crippen LogP) is 3.68. The number of aromatic hydroxyl groups is 1. The van der Waals surface area contributed by atoms with Crippen molar-refractivity contribution in [3.05, 3.63) is 67.2 Å². The quantitative estimate of drug-likeness (QED) is 0.488. The first-order valence-electron chi connectivity index (χ1n) is 6.56. The number of phenolic OH excluding ortho intramolecular Hbond substituents is 1. The van der Waals surface area contributed by atoms with Gasteiger partial charge in [-0.05, 0) is 30.7 Å². The van der Waals surface area contributed by atoms with Gasteiger partial charge >= 0.3 is 0 Å². The number of nitro benzene ring substituents is 1. The summed E-state index contributed by atoms with van der Waals surface area (Å²) in [5.74, 6) is -1.00. The molecule has 24 heavy (non-hydrogen) atoms. The number of nitrogens with one attached hydrogen (secondary N) is 1. The molecular weight excluding hydrogens is 357 g/mol. The zero-order valence-electron chi connectivity index (χ0n) is 12.3. The van der Waals surface area contributed by atoms with Crippen LogP contribution in [-0.4, -0.2) is 22.2 Å². The second kappa shape index (κ2) is 7.29. The monoisotopic (exact) mass is 367 g/mol. The van der Waals surface area contributed by atoms with Gasteiger partial charge < -0.3 is 5.11 Å². The van der Waals surface area contributed by atoms with Crippen molar-refractivity contribution >= 4 is 41.0 Å². The molecular formula is C15H11Cl2N3O4. The molecule has 2 rings (SSSR count). The lowest BCUT2D eigenvalue weighted by Crippen LogP contribution is -2.19. The van der Waals surface area contributed by atoms with Gasteiger partial charge in [0.2, 0.25) is 0 Å². The summed E-state index contributed by atoms with van der Waals surface area (Å²) in [5, 5.41) is 24.7. The number of amides is 1. The number of hydrogen-bond donors (Lipinski definition) is 2. The smallest absolute Gasteiger partial charge is 0.282 e. The number of nitro groups is 1. The molecule has 0 heterocycles. The highest BCUT2D eigenvalue weighted by molar-refractivity contribution is 6.36. The van der Waals surface area contributed by atoms with Gasteiger partial charge in [-0.25, -0.2) is 5.43 Å². The predicted molar refractivity (Wildman–Crippen MR) is 91.0 cm³/mol. The minimum atomic E-state index is -0.755. The van der Waals surface area contributed by atoms with Crippen LogP contribution >= 0.6 is 23.2 Å². The van der Waals surface area contributed by atoms with E-state index in [1.54, 1.807) is 6.92 Å². The van der Waals surface area contributed by atoms with E-state index in [0.29, 0.717) is 5.56 Å². The zero-order chi connectivity index (χ0) is 17.9. The molecule has 0 aliphatic heterocycles. The van der Waals surface area contributed by atoms with Gasteiger partial charge in [-0.2, -0.15) is 5.10 Å². The third-order valence-corrected chi connectivity index (χ3v) is 3.53. The molecule has 2 aromatic rings. The molecule has 0 aliphatic rings. The Balaban J connectivity index is 2.23. The fourth-order valence-electron chi connectivity index (χ4n) is 1.90. The second-order valence-corrected chi connectivity index (χ2v) is 5.65. The van der Waals surface area contributed by atoms with Crippen LogP contribution in [0.25, 0.3) is 0 Å². The average molecular weight is 368 g/mol. The topological polar surface area (TPSA) is 105 Å². The molecule has 0 saturated carbocycles. The van der Waals surface area contributed by atoms with Crippen LogP contribution in [-0.2, 0) is 0 Å². The first kappa shape index (κ1) is 17.7. The number of hydrogen-bond acceptors (Lipinski definition) is 5. The van der Waals surface area contributed by atoms with Crippen molar-refractivity contribution in [1.82, 2.24) is 5.43 Å². The molecule has 0 saturated heterocycles. The lowest BCUT2D eigenvalue weighted by molar-refractivity contribution is -0.385. The van der Waals surface area contributed by atoms with Gasteiger partial charge in [-0.15, -0.1) is 0 Å². The number of halogens is 2. The number of hydrazone groups is 1. The number of aryl methyl sites for hydroxylation is 1. The van der Waals surface area contributed by atoms with Crippen LogP contribution in [0.1, 0.15) is 21.5 Å². The van der Waals surface area contributed by atoms with E-state index in [1.165, 1.54) is 30.3 Å². The highest BCUT2D eigenvalue weighted by Gasteiger charge is 2.19. The molecule has 0 fully saturated rings. The normalized spacial score (nSPS) is 10.8. The Kier molecular flexibility index (Phi) is 5.38. The van der Waals surface area contributed by atoms with Crippen molar-refractivity contribution in [2.24, 2.45) is 5.10 Å². The number of benzene rings is 2. The summed E-state index contributed by atoms with van der Waals surface area (Å²) in [7, 11) is 0. The molecule has 9 heteroatoms. The third kappa shape index (κ3) is 4.01. The minimum Gasteiger partial charge on any atom is -0.506 e. The fraction of sp³-hybridized carbons (Fsp3) is 0.0667. The highest BCUT2D eigenvalue weighted by Crippen LogP contribution is 2.30. The van der Waals surface area contributed by atoms with Crippen LogP contribution in [0, 0.1) is 17.0 Å². The van der Waals surface area contributed by atoms with Crippen molar-refractivity contribution in [3.8, 4) is 5.75 Å². The number of phenols is 1. The van der Waals surface area contributed by atoms with Crippen LogP contribution in [0.3, 0.4) is 0 Å². The fourth-order valence-corrected chi connectivity index (χ4v) is 2.41. The van der Waals surface area contributed by atoms with Crippen molar-refractivity contribution in [2.75, 3.05) is 0 Å². The van der Waals surface area contributed by atoms with E-state index < -0.39 is 10.8 Å². The SMILES string of the molecule is Cc1ccc([N+](=O)[O-])c(C(=O)N/N=C/c2cc(Cl)cc(Cl)c2O)c1. The number of carbonyl (C=O) groups excluding carboxylic acids is 1. The Labute approximate surface area is 146 Å². The van der Waals surface area contributed by atoms with Gasteiger partial charge in [0.1, 0.15) is 11.3 Å². The van der Waals surface area contributed by atoms with Gasteiger partial charge in [0, 0.05) is 16.7 Å². The van der Waals surface area contributed by atoms with E-state index in [2.05, 4.69) is 10.5 Å². The van der Waals surface area contributed by atoms with Crippen LogP contribution in [0.4, 0.5) is 5.69 Å². The Hall–Kier alpha value is -2.64. The van der Waals surface area contributed by atoms with Crippen LogP contribution in [0.2, 0.25) is 10.0 Å². The van der Waals surface area contributed by atoms with E-state index >= 15 is 0 Å². The molecule has 124 valence electrons. The van der Waals surface area contributed by atoms with Crippen LogP contribution < -0.4 is 5.43 Å². The first-order chi connectivity index (χ1) is 11.3. The summed E-state index contributed by atoms with van der Waals surface area (Å²) in [6, 6.07) is 6.91. The highest BCUT2D eigenvalue weighted by atomic mass is 35.5. The summed E-state index contributed by atoms with van der Waals surface area (Å²) >= 11 is 11.6. The molecule has 2 N–H and O–H groups in total. The summed E-state index contributed by atoms with van der Waals surface area (Å²) in [6.07, 6.45) is 1.13. The van der Waals surface area contributed by atoms with Gasteiger partial charge in [0.05, 0.1) is 16.2 Å². The Bertz CT molecular complexity index is 853. The third-order valence-electron chi connectivity index (χ3n) is 3.02. The molecule has 1 amide bonds. The molecule has 0 aromatic heterocycles. The minimum absolute atomic E-state index is 0.0320. The Morgan fingerprint density at radius 2 is 2.04 bits per heavy atom. The van der Waals surface area contributed by atoms with Gasteiger partial charge in [-0.3, -0.25) is 14.9 Å². The van der Waals surface area contributed by atoms with E-state index in [9.17, 15) is 20.0 Å². The van der Waals surface area contributed by atoms with E-state index in [0.717, 1.165) is 6.21 Å². The molecule has 0 radical (unpaired) electrons. The van der Waals surface area contributed by atoms with Crippen LogP contribution in [0.5, 0.6) is 5.75 Å². The van der Waals surface area contributed by atoms with Gasteiger partial charge in [0.15, 0.2) is 0 Å². The number of nitrogens with zero attached hydrogens (tertiary/aromatic N) is 2. The zero-order valence-corrected chi connectivity index (χ0v) is 13.8. The lowest BCUT2D eigenvalue weighted by Gasteiger charge is -2.04. The summed E-state index contributed by atoms with van der Waals surface area (Å²) in [4.78, 5) is 22.4. The molecule has 0 spiro atoms.